The van der Waals surface area contributed by atoms with E-state index < -0.39 is 0 Å². The number of hydrogen-bond acceptors (Lipinski definition) is 5. The van der Waals surface area contributed by atoms with Gasteiger partial charge in [-0.15, -0.1) is 0 Å². The molecule has 3 unspecified atom stereocenters. The van der Waals surface area contributed by atoms with E-state index in [-0.39, 0.29) is 23.4 Å². The summed E-state index contributed by atoms with van der Waals surface area (Å²) >= 11 is 0. The van der Waals surface area contributed by atoms with Crippen LogP contribution in [0.4, 0.5) is 5.82 Å². The van der Waals surface area contributed by atoms with Crippen LogP contribution < -0.4 is 10.5 Å². The summed E-state index contributed by atoms with van der Waals surface area (Å²) < 4.78 is 2.09. The van der Waals surface area contributed by atoms with Crippen LogP contribution >= 0.6 is 0 Å². The molecular formula is C32H44N4O2. The zero-order chi connectivity index (χ0) is 26.0. The molecule has 204 valence electrons. The normalized spacial score (nSPS) is 37.2. The number of carbonyl (C=O) groups is 1. The average Bonchev–Trinajstić information content (AvgIpc) is 2.87. The fourth-order valence-electron chi connectivity index (χ4n) is 9.48. The maximum atomic E-state index is 14.1. The van der Waals surface area contributed by atoms with Gasteiger partial charge in [-0.25, -0.2) is 4.98 Å². The van der Waals surface area contributed by atoms with E-state index in [2.05, 4.69) is 22.5 Å². The number of anilines is 1. The fraction of sp³-hybridized carbons (Fsp3) is 0.719. The fourth-order valence-corrected chi connectivity index (χ4v) is 9.48. The third-order valence-corrected chi connectivity index (χ3v) is 11.1. The van der Waals surface area contributed by atoms with E-state index in [1.165, 1.54) is 57.8 Å². The van der Waals surface area contributed by atoms with Crippen molar-refractivity contribution < 1.29 is 4.79 Å². The van der Waals surface area contributed by atoms with Crippen molar-refractivity contribution in [2.45, 2.75) is 121 Å². The zero-order valence-corrected chi connectivity index (χ0v) is 23.2. The number of hydrogen-bond donors (Lipinski definition) is 0. The minimum Gasteiger partial charge on any atom is -0.342 e. The number of nitrogens with zero attached hydrogens (tertiary/aromatic N) is 4. The van der Waals surface area contributed by atoms with Gasteiger partial charge in [-0.1, -0.05) is 31.9 Å². The summed E-state index contributed by atoms with van der Waals surface area (Å²) in [6.45, 7) is 4.75. The Hall–Kier alpha value is -2.21. The van der Waals surface area contributed by atoms with Gasteiger partial charge in [-0.2, -0.15) is 0 Å². The first-order valence-electron chi connectivity index (χ1n) is 15.6. The molecule has 1 aromatic carbocycles. The third kappa shape index (κ3) is 4.13. The molecule has 8 atom stereocenters. The first-order chi connectivity index (χ1) is 18.5. The van der Waals surface area contributed by atoms with E-state index in [4.69, 9.17) is 4.98 Å². The molecular weight excluding hydrogens is 472 g/mol. The van der Waals surface area contributed by atoms with Gasteiger partial charge in [0.2, 0.25) is 0 Å². The molecule has 2 saturated carbocycles. The number of Topliss-reactive ketones (excluding diaryl/α,β-unsaturated/α-hetero) is 1. The van der Waals surface area contributed by atoms with E-state index in [0.29, 0.717) is 17.9 Å². The molecule has 5 fully saturated rings. The number of rotatable bonds is 5. The summed E-state index contributed by atoms with van der Waals surface area (Å²) in [5.74, 6) is 3.42. The van der Waals surface area contributed by atoms with Gasteiger partial charge in [0.25, 0.3) is 5.56 Å². The Kier molecular flexibility index (Phi) is 6.37. The summed E-state index contributed by atoms with van der Waals surface area (Å²) in [4.78, 5) is 36.1. The Morgan fingerprint density at radius 3 is 2.24 bits per heavy atom. The molecule has 0 N–H and O–H groups in total. The minimum absolute atomic E-state index is 0.00368. The zero-order valence-electron chi connectivity index (χ0n) is 23.2. The molecule has 3 saturated heterocycles. The van der Waals surface area contributed by atoms with Crippen LogP contribution in [0.3, 0.4) is 0 Å². The number of piperidine rings is 2. The SMILES string of the molecule is CCC1C[C@@H]2CC(N3[C@@H]4CCC[C@H]3CC(n3c(=O)c(N5CC[C@@H]5C(C)=O)nc5ccccc53)C4)C[C@H](C1)C2. The monoisotopic (exact) mass is 516 g/mol. The van der Waals surface area contributed by atoms with E-state index in [1.807, 2.05) is 23.1 Å². The van der Waals surface area contributed by atoms with Crippen molar-refractivity contribution in [1.29, 1.82) is 0 Å². The number of benzene rings is 1. The van der Waals surface area contributed by atoms with Gasteiger partial charge in [0.05, 0.1) is 17.1 Å². The van der Waals surface area contributed by atoms with Crippen LogP contribution in [0.2, 0.25) is 0 Å². The topological polar surface area (TPSA) is 58.4 Å². The number of carbonyl (C=O) groups excluding carboxylic acids is 1. The van der Waals surface area contributed by atoms with Crippen LogP contribution in [0.1, 0.15) is 96.9 Å². The Bertz CT molecular complexity index is 1240. The number of ketones is 1. The Morgan fingerprint density at radius 1 is 0.895 bits per heavy atom. The summed E-state index contributed by atoms with van der Waals surface area (Å²) in [6, 6.07) is 10.0. The average molecular weight is 517 g/mol. The molecule has 0 amide bonds. The van der Waals surface area contributed by atoms with Gasteiger partial charge >= 0.3 is 0 Å². The second-order valence-corrected chi connectivity index (χ2v) is 13.4. The van der Waals surface area contributed by atoms with Crippen LogP contribution in [0.5, 0.6) is 0 Å². The second-order valence-electron chi connectivity index (χ2n) is 13.4. The van der Waals surface area contributed by atoms with E-state index in [1.54, 1.807) is 6.92 Å². The third-order valence-electron chi connectivity index (χ3n) is 11.1. The molecule has 1 aromatic heterocycles. The molecule has 6 nitrogen and oxygen atoms in total. The number of fused-ring (bicyclic) bond motifs is 5. The number of aromatic nitrogens is 2. The lowest BCUT2D eigenvalue weighted by atomic mass is 9.64. The summed E-state index contributed by atoms with van der Waals surface area (Å²) in [5.41, 5.74) is 1.83. The van der Waals surface area contributed by atoms with E-state index in [9.17, 15) is 9.59 Å². The standard InChI is InChI=1S/C32H44N4O2/c1-3-21-13-22-15-23(14-21)17-26(16-22)35-24-7-6-8-25(35)19-27(18-24)36-30-10-5-4-9-28(30)33-31(32(36)38)34-12-11-29(34)20(2)37/h4-5,9-10,21-27,29H,3,6-8,11-19H2,1-2H3/t21?,22-,23+,24-,25+,26?,27?,29-/m1/s1. The lowest BCUT2D eigenvalue weighted by molar-refractivity contribution is -0.119. The van der Waals surface area contributed by atoms with Gasteiger partial charge in [0.15, 0.2) is 11.6 Å². The number of para-hydroxylation sites is 2. The summed E-state index contributed by atoms with van der Waals surface area (Å²) in [6.07, 6.45) is 15.3. The quantitative estimate of drug-likeness (QED) is 0.508. The van der Waals surface area contributed by atoms with Gasteiger partial charge in [-0.3, -0.25) is 14.5 Å². The molecule has 7 rings (SSSR count). The first-order valence-corrected chi connectivity index (χ1v) is 15.6. The van der Waals surface area contributed by atoms with Gasteiger partial charge in [0.1, 0.15) is 0 Å². The molecule has 5 aliphatic rings. The van der Waals surface area contributed by atoms with Crippen LogP contribution in [-0.2, 0) is 4.79 Å². The van der Waals surface area contributed by atoms with Gasteiger partial charge in [-0.05, 0) is 101 Å². The molecule has 2 aromatic rings. The first kappa shape index (κ1) is 24.8. The van der Waals surface area contributed by atoms with Crippen molar-refractivity contribution >= 4 is 22.6 Å². The van der Waals surface area contributed by atoms with Gasteiger partial charge < -0.3 is 9.47 Å². The molecule has 4 heterocycles. The van der Waals surface area contributed by atoms with Crippen molar-refractivity contribution in [3.8, 4) is 0 Å². The van der Waals surface area contributed by atoms with Crippen molar-refractivity contribution in [3.63, 3.8) is 0 Å². The summed E-state index contributed by atoms with van der Waals surface area (Å²) in [5, 5.41) is 0. The highest BCUT2D eigenvalue weighted by molar-refractivity contribution is 5.87. The predicted molar refractivity (Wildman–Crippen MR) is 152 cm³/mol. The second kappa shape index (κ2) is 9.76. The van der Waals surface area contributed by atoms with Crippen molar-refractivity contribution in [1.82, 2.24) is 14.5 Å². The minimum atomic E-state index is -0.205. The lowest BCUT2D eigenvalue weighted by Crippen LogP contribution is -2.59. The Balaban J connectivity index is 1.20. The highest BCUT2D eigenvalue weighted by atomic mass is 16.1. The van der Waals surface area contributed by atoms with Crippen LogP contribution in [0, 0.1) is 17.8 Å². The van der Waals surface area contributed by atoms with Crippen LogP contribution in [-0.4, -0.2) is 50.9 Å². The Morgan fingerprint density at radius 2 is 1.61 bits per heavy atom. The van der Waals surface area contributed by atoms with Gasteiger partial charge in [0, 0.05) is 30.7 Å². The lowest BCUT2D eigenvalue weighted by Gasteiger charge is -2.56. The summed E-state index contributed by atoms with van der Waals surface area (Å²) in [7, 11) is 0. The van der Waals surface area contributed by atoms with E-state index >= 15 is 0 Å². The molecule has 38 heavy (non-hydrogen) atoms. The maximum Gasteiger partial charge on any atom is 0.294 e. The molecule has 4 bridgehead atoms. The molecule has 0 radical (unpaired) electrons. The molecule has 2 aliphatic carbocycles. The smallest absolute Gasteiger partial charge is 0.294 e. The maximum absolute atomic E-state index is 14.1. The van der Waals surface area contributed by atoms with Crippen LogP contribution in [0.25, 0.3) is 11.0 Å². The molecule has 3 aliphatic heterocycles. The van der Waals surface area contributed by atoms with Crippen molar-refractivity contribution in [2.24, 2.45) is 17.8 Å². The largest absolute Gasteiger partial charge is 0.342 e. The Labute approximate surface area is 226 Å². The van der Waals surface area contributed by atoms with Crippen LogP contribution in [0.15, 0.2) is 29.1 Å². The highest BCUT2D eigenvalue weighted by Crippen LogP contribution is 2.49. The molecule has 0 spiro atoms. The molecule has 6 heteroatoms. The highest BCUT2D eigenvalue weighted by Gasteiger charge is 2.46. The van der Waals surface area contributed by atoms with Crippen molar-refractivity contribution in [2.75, 3.05) is 11.4 Å². The van der Waals surface area contributed by atoms with Crippen molar-refractivity contribution in [3.05, 3.63) is 34.6 Å². The van der Waals surface area contributed by atoms with E-state index in [0.717, 1.165) is 60.6 Å². The predicted octanol–water partition coefficient (Wildman–Crippen LogP) is 5.73.